The van der Waals surface area contributed by atoms with Crippen LogP contribution in [0.5, 0.6) is 0 Å². The van der Waals surface area contributed by atoms with Gasteiger partial charge in [-0.3, -0.25) is 0 Å². The van der Waals surface area contributed by atoms with E-state index in [4.69, 9.17) is 4.74 Å². The third-order valence-corrected chi connectivity index (χ3v) is 4.13. The number of rotatable bonds is 4. The summed E-state index contributed by atoms with van der Waals surface area (Å²) in [6.07, 6.45) is 0. The molecule has 0 atom stereocenters. The van der Waals surface area contributed by atoms with E-state index in [9.17, 15) is 10.2 Å². The van der Waals surface area contributed by atoms with Crippen LogP contribution in [0.3, 0.4) is 0 Å². The number of methoxy groups -OCH3 is 1. The van der Waals surface area contributed by atoms with Crippen molar-refractivity contribution in [1.82, 2.24) is 0 Å². The van der Waals surface area contributed by atoms with Crippen molar-refractivity contribution >= 4 is 11.7 Å². The first-order valence-corrected chi connectivity index (χ1v) is 8.10. The van der Waals surface area contributed by atoms with E-state index in [1.54, 1.807) is 6.07 Å². The summed E-state index contributed by atoms with van der Waals surface area (Å²) in [6, 6.07) is 11.4. The normalized spacial score (nSPS) is 10.8. The van der Waals surface area contributed by atoms with Crippen molar-refractivity contribution in [2.45, 2.75) is 39.5 Å². The fraction of sp³-hybridized carbons (Fsp3) is 0.350. The van der Waals surface area contributed by atoms with Crippen molar-refractivity contribution < 1.29 is 9.53 Å². The Morgan fingerprint density at radius 1 is 1.00 bits per heavy atom. The van der Waals surface area contributed by atoms with Crippen LogP contribution in [0.4, 0.5) is 5.69 Å². The molecule has 0 unspecified atom stereocenters. The molecule has 24 heavy (non-hydrogen) atoms. The number of carbonyl (C=O) groups excluding carboxylic acids is 1. The number of ether oxygens (including phenoxy) is 1. The van der Waals surface area contributed by atoms with E-state index >= 15 is 0 Å². The lowest BCUT2D eigenvalue weighted by Gasteiger charge is -2.12. The molecule has 0 radical (unpaired) electrons. The van der Waals surface area contributed by atoms with Crippen molar-refractivity contribution in [2.24, 2.45) is 0 Å². The molecule has 124 valence electrons. The van der Waals surface area contributed by atoms with Gasteiger partial charge in [-0.2, -0.15) is 0 Å². The van der Waals surface area contributed by atoms with E-state index in [1.165, 1.54) is 7.11 Å². The van der Waals surface area contributed by atoms with Gasteiger partial charge in [0.05, 0.1) is 23.8 Å². The number of carbonyl (C=O) groups is 1. The van der Waals surface area contributed by atoms with E-state index in [-0.39, 0.29) is 17.8 Å². The van der Waals surface area contributed by atoms with Gasteiger partial charge in [-0.1, -0.05) is 39.8 Å². The van der Waals surface area contributed by atoms with Gasteiger partial charge >= 0.3 is 11.7 Å². The highest BCUT2D eigenvalue weighted by atomic mass is 16.5. The number of benzene rings is 2. The average Bonchev–Trinajstić information content (AvgIpc) is 2.59. The number of hydrogen-bond acceptors (Lipinski definition) is 3. The molecule has 0 amide bonds. The summed E-state index contributed by atoms with van der Waals surface area (Å²) in [5.74, 6) is 0.0845. The first kappa shape index (κ1) is 17.7. The van der Waals surface area contributed by atoms with Crippen molar-refractivity contribution in [3.63, 3.8) is 0 Å². The van der Waals surface area contributed by atoms with Crippen molar-refractivity contribution in [2.75, 3.05) is 7.11 Å². The van der Waals surface area contributed by atoms with Crippen LogP contribution in [0.2, 0.25) is 0 Å². The Hall–Kier alpha value is -2.67. The molecule has 0 aliphatic heterocycles. The molecule has 0 fully saturated rings. The number of diazo groups is 1. The highest BCUT2D eigenvalue weighted by Crippen LogP contribution is 2.39. The lowest BCUT2D eigenvalue weighted by molar-refractivity contribution is 0.0601. The monoisotopic (exact) mass is 323 g/mol. The largest absolute Gasteiger partial charge is 0.465 e. The van der Waals surface area contributed by atoms with Crippen LogP contribution in [0.15, 0.2) is 36.4 Å². The van der Waals surface area contributed by atoms with Crippen LogP contribution >= 0.6 is 0 Å². The molecule has 2 aromatic rings. The fourth-order valence-electron chi connectivity index (χ4n) is 2.79. The second kappa shape index (κ2) is 7.27. The van der Waals surface area contributed by atoms with Crippen molar-refractivity contribution in [1.29, 1.82) is 5.39 Å². The molecule has 0 saturated heterocycles. The van der Waals surface area contributed by atoms with Crippen LogP contribution in [0, 0.1) is 5.39 Å². The summed E-state index contributed by atoms with van der Waals surface area (Å²) in [7, 11) is 1.38. The number of esters is 1. The minimum Gasteiger partial charge on any atom is -0.465 e. The predicted octanol–water partition coefficient (Wildman–Crippen LogP) is 5.87. The van der Waals surface area contributed by atoms with Gasteiger partial charge in [-0.15, -0.1) is 0 Å². The van der Waals surface area contributed by atoms with Crippen molar-refractivity contribution in [3.8, 4) is 11.1 Å². The van der Waals surface area contributed by atoms with E-state index in [0.29, 0.717) is 11.3 Å². The maximum atomic E-state index is 11.8. The molecular weight excluding hydrogens is 300 g/mol. The third-order valence-electron chi connectivity index (χ3n) is 4.13. The smallest absolute Gasteiger partial charge is 0.391 e. The summed E-state index contributed by atoms with van der Waals surface area (Å²) in [5, 5.41) is 9.47. The van der Waals surface area contributed by atoms with Gasteiger partial charge in [0.1, 0.15) is 0 Å². The lowest BCUT2D eigenvalue weighted by Crippen LogP contribution is -2.01. The van der Waals surface area contributed by atoms with Crippen LogP contribution in [0.25, 0.3) is 16.1 Å². The zero-order valence-electron chi connectivity index (χ0n) is 14.8. The highest BCUT2D eigenvalue weighted by molar-refractivity contribution is 5.91. The minimum atomic E-state index is -0.355. The zero-order valence-corrected chi connectivity index (χ0v) is 14.8. The summed E-state index contributed by atoms with van der Waals surface area (Å²) >= 11 is 0. The van der Waals surface area contributed by atoms with Gasteiger partial charge in [0, 0.05) is 0 Å². The highest BCUT2D eigenvalue weighted by Gasteiger charge is 2.25. The topological polar surface area (TPSA) is 54.5 Å². The van der Waals surface area contributed by atoms with E-state index in [0.717, 1.165) is 22.3 Å². The number of nitrogens with zero attached hydrogens (tertiary/aromatic N) is 2. The van der Waals surface area contributed by atoms with E-state index in [1.807, 2.05) is 30.3 Å². The summed E-state index contributed by atoms with van der Waals surface area (Å²) in [6.45, 7) is 8.29. The van der Waals surface area contributed by atoms with Crippen LogP contribution in [0.1, 0.15) is 61.0 Å². The van der Waals surface area contributed by atoms with Gasteiger partial charge in [-0.25, -0.2) is 4.79 Å². The quantitative estimate of drug-likeness (QED) is 0.522. The molecular formula is C20H23N2O2+. The first-order valence-electron chi connectivity index (χ1n) is 8.10. The Balaban J connectivity index is 2.67. The maximum Gasteiger partial charge on any atom is 0.391 e. The van der Waals surface area contributed by atoms with Gasteiger partial charge in [0.15, 0.2) is 4.98 Å². The first-order chi connectivity index (χ1) is 11.4. The summed E-state index contributed by atoms with van der Waals surface area (Å²) < 4.78 is 4.80. The Labute approximate surface area is 143 Å². The SMILES string of the molecule is COC(=O)c1cccc(-c2cc(C(C)C)c([N+]#N)c(C(C)C)c2)c1. The van der Waals surface area contributed by atoms with Gasteiger partial charge in [-0.05, 0) is 47.2 Å². The van der Waals surface area contributed by atoms with Crippen LogP contribution in [-0.4, -0.2) is 13.1 Å². The molecule has 4 nitrogen and oxygen atoms in total. The van der Waals surface area contributed by atoms with Gasteiger partial charge in [0.2, 0.25) is 5.39 Å². The second-order valence-electron chi connectivity index (χ2n) is 6.49. The minimum absolute atomic E-state index is 0.220. The lowest BCUT2D eigenvalue weighted by atomic mass is 9.88. The average molecular weight is 323 g/mol. The second-order valence-corrected chi connectivity index (χ2v) is 6.49. The molecule has 0 bridgehead atoms. The Morgan fingerprint density at radius 2 is 1.58 bits per heavy atom. The molecule has 0 spiro atoms. The molecule has 0 N–H and O–H groups in total. The molecule has 0 aliphatic carbocycles. The van der Waals surface area contributed by atoms with Gasteiger partial charge < -0.3 is 4.74 Å². The Kier molecular flexibility index (Phi) is 5.35. The van der Waals surface area contributed by atoms with E-state index in [2.05, 4.69) is 32.7 Å². The molecule has 4 heteroatoms. The van der Waals surface area contributed by atoms with Crippen molar-refractivity contribution in [3.05, 3.63) is 58.1 Å². The fourth-order valence-corrected chi connectivity index (χ4v) is 2.79. The Bertz CT molecular complexity index is 773. The molecule has 0 heterocycles. The van der Waals surface area contributed by atoms with E-state index < -0.39 is 0 Å². The summed E-state index contributed by atoms with van der Waals surface area (Å²) in [5.41, 5.74) is 5.08. The predicted molar refractivity (Wildman–Crippen MR) is 96.1 cm³/mol. The molecule has 0 saturated carbocycles. The molecule has 2 aromatic carbocycles. The maximum absolute atomic E-state index is 11.8. The third kappa shape index (κ3) is 3.46. The standard InChI is InChI=1S/C20H23N2O2/c1-12(2)17-10-16(11-18(13(3)4)19(17)22-21)14-7-6-8-15(9-14)20(23)24-5/h6-13H,1-5H3/q+1. The molecule has 0 aliphatic rings. The van der Waals surface area contributed by atoms with Crippen LogP contribution < -0.4 is 0 Å². The number of hydrogen-bond donors (Lipinski definition) is 0. The van der Waals surface area contributed by atoms with Gasteiger partial charge in [0.25, 0.3) is 0 Å². The molecule has 0 aromatic heterocycles. The molecule has 2 rings (SSSR count). The van der Waals surface area contributed by atoms with Crippen LogP contribution in [-0.2, 0) is 4.74 Å². The zero-order chi connectivity index (χ0) is 17.9. The Morgan fingerprint density at radius 3 is 2.04 bits per heavy atom. The summed E-state index contributed by atoms with van der Waals surface area (Å²) in [4.78, 5) is 15.3.